The maximum atomic E-state index is 14.1. The van der Waals surface area contributed by atoms with Gasteiger partial charge in [0.25, 0.3) is 5.91 Å². The summed E-state index contributed by atoms with van der Waals surface area (Å²) in [7, 11) is 1.87. The van der Waals surface area contributed by atoms with Gasteiger partial charge in [-0.15, -0.1) is 0 Å². The van der Waals surface area contributed by atoms with Gasteiger partial charge in [0, 0.05) is 42.7 Å². The van der Waals surface area contributed by atoms with Crippen molar-refractivity contribution in [2.45, 2.75) is 77.8 Å². The number of amides is 1. The second-order valence-electron chi connectivity index (χ2n) is 13.2. The van der Waals surface area contributed by atoms with Crippen LogP contribution < -0.4 is 4.74 Å². The number of carbonyl (C=O) groups excluding carboxylic acids is 1. The summed E-state index contributed by atoms with van der Waals surface area (Å²) in [5.41, 5.74) is 0.871. The monoisotopic (exact) mass is 632 g/mol. The van der Waals surface area contributed by atoms with Crippen molar-refractivity contribution in [3.63, 3.8) is 0 Å². The van der Waals surface area contributed by atoms with E-state index < -0.39 is 17.1 Å². The SMILES string of the molecule is CN(CC1CC(Br)(Br)C1)C(=O)C1=C[C@@]23CC[C@]1(O)[C@@H]1Oc4c(O)ccc5c4[C@@]12CCN(CC1CC1)[C@@H]3C5. The molecule has 37 heavy (non-hydrogen) atoms. The predicted molar refractivity (Wildman–Crippen MR) is 146 cm³/mol. The molecular weight excluding hydrogens is 600 g/mol. The third kappa shape index (κ3) is 2.91. The topological polar surface area (TPSA) is 73.2 Å². The maximum absolute atomic E-state index is 14.1. The van der Waals surface area contributed by atoms with E-state index in [0.29, 0.717) is 30.2 Å². The number of alkyl halides is 2. The number of halogens is 2. The van der Waals surface area contributed by atoms with Crippen LogP contribution in [0.15, 0.2) is 23.8 Å². The van der Waals surface area contributed by atoms with E-state index in [-0.39, 0.29) is 26.3 Å². The number of ether oxygens (including phenoxy) is 1. The van der Waals surface area contributed by atoms with Gasteiger partial charge < -0.3 is 19.8 Å². The quantitative estimate of drug-likeness (QED) is 0.475. The zero-order valence-electron chi connectivity index (χ0n) is 21.2. The summed E-state index contributed by atoms with van der Waals surface area (Å²) < 4.78 is 6.62. The molecule has 1 amide bonds. The summed E-state index contributed by atoms with van der Waals surface area (Å²) >= 11 is 7.38. The van der Waals surface area contributed by atoms with Crippen LogP contribution in [-0.2, 0) is 16.6 Å². The molecule has 3 saturated carbocycles. The fraction of sp³-hybridized carbons (Fsp3) is 0.690. The third-order valence-electron chi connectivity index (χ3n) is 11.1. The Morgan fingerprint density at radius 2 is 1.97 bits per heavy atom. The van der Waals surface area contributed by atoms with E-state index in [2.05, 4.69) is 48.9 Å². The number of likely N-dealkylation sites (N-methyl/N-ethyl adjacent to an activating group) is 1. The first-order chi connectivity index (χ1) is 17.6. The molecule has 2 heterocycles. The molecule has 1 aromatic carbocycles. The Hall–Kier alpha value is -1.09. The maximum Gasteiger partial charge on any atom is 0.252 e. The van der Waals surface area contributed by atoms with Gasteiger partial charge in [-0.2, -0.15) is 0 Å². The van der Waals surface area contributed by atoms with E-state index in [1.807, 2.05) is 11.9 Å². The van der Waals surface area contributed by atoms with Crippen LogP contribution in [0, 0.1) is 17.3 Å². The second-order valence-corrected chi connectivity index (χ2v) is 17.3. The minimum absolute atomic E-state index is 0.00495. The lowest BCUT2D eigenvalue weighted by atomic mass is 9.38. The summed E-state index contributed by atoms with van der Waals surface area (Å²) in [6.45, 7) is 2.78. The molecule has 4 bridgehead atoms. The predicted octanol–water partition coefficient (Wildman–Crippen LogP) is 4.24. The Morgan fingerprint density at radius 1 is 1.19 bits per heavy atom. The zero-order chi connectivity index (χ0) is 25.5. The molecule has 4 fully saturated rings. The Bertz CT molecular complexity index is 1250. The minimum atomic E-state index is -1.36. The van der Waals surface area contributed by atoms with Crippen LogP contribution >= 0.6 is 31.9 Å². The van der Waals surface area contributed by atoms with Crippen molar-refractivity contribution >= 4 is 37.8 Å². The largest absolute Gasteiger partial charge is 0.504 e. The summed E-state index contributed by atoms with van der Waals surface area (Å²) in [6, 6.07) is 4.11. The van der Waals surface area contributed by atoms with Gasteiger partial charge in [-0.1, -0.05) is 44.0 Å². The fourth-order valence-electron chi connectivity index (χ4n) is 9.39. The summed E-state index contributed by atoms with van der Waals surface area (Å²) in [5.74, 6) is 1.86. The van der Waals surface area contributed by atoms with Gasteiger partial charge in [-0.25, -0.2) is 0 Å². The number of likely N-dealkylation sites (tertiary alicyclic amines) is 1. The number of rotatable bonds is 5. The molecule has 198 valence electrons. The fourth-order valence-corrected chi connectivity index (χ4v) is 11.2. The molecule has 0 radical (unpaired) electrons. The van der Waals surface area contributed by atoms with Crippen LogP contribution in [0.25, 0.3) is 0 Å². The average molecular weight is 634 g/mol. The normalized spacial score (nSPS) is 40.5. The molecule has 0 unspecified atom stereocenters. The lowest BCUT2D eigenvalue weighted by Gasteiger charge is -2.70. The smallest absolute Gasteiger partial charge is 0.252 e. The Morgan fingerprint density at radius 3 is 2.70 bits per heavy atom. The van der Waals surface area contributed by atoms with E-state index in [0.717, 1.165) is 56.7 Å². The van der Waals surface area contributed by atoms with Gasteiger partial charge in [0.2, 0.25) is 0 Å². The standard InChI is InChI=1S/C29H34Br2N2O4/c1-32(14-17-11-27(30,31)12-17)24(35)19-13-26-6-7-29(19,36)25-28(26)8-9-33(15-16-2-3-16)21(26)10-18-4-5-20(34)23(37-25)22(18)28/h4-5,13,16-17,21,25,34,36H,2-3,6-12,14-15H2,1H3/t21-,25-,26-,28+,29-/m1/s1. The number of piperidine rings is 1. The first-order valence-electron chi connectivity index (χ1n) is 13.9. The molecule has 1 saturated heterocycles. The van der Waals surface area contributed by atoms with Gasteiger partial charge in [-0.3, -0.25) is 9.69 Å². The summed E-state index contributed by atoms with van der Waals surface area (Å²) in [6.07, 6.45) is 9.43. The highest BCUT2D eigenvalue weighted by atomic mass is 79.9. The number of hydrogen-bond acceptors (Lipinski definition) is 5. The Labute approximate surface area is 234 Å². The molecule has 0 aromatic heterocycles. The number of aliphatic hydroxyl groups is 1. The van der Waals surface area contributed by atoms with Crippen molar-refractivity contribution in [3.8, 4) is 11.5 Å². The van der Waals surface area contributed by atoms with Crippen LogP contribution in [-0.4, -0.2) is 73.6 Å². The highest BCUT2D eigenvalue weighted by Gasteiger charge is 2.78. The van der Waals surface area contributed by atoms with Crippen LogP contribution in [0.1, 0.15) is 56.1 Å². The van der Waals surface area contributed by atoms with Crippen LogP contribution in [0.3, 0.4) is 0 Å². The number of benzene rings is 1. The molecule has 5 atom stereocenters. The number of nitrogens with zero attached hydrogens (tertiary/aromatic N) is 2. The zero-order valence-corrected chi connectivity index (χ0v) is 24.4. The second kappa shape index (κ2) is 7.35. The summed E-state index contributed by atoms with van der Waals surface area (Å²) in [5, 5.41) is 23.3. The molecule has 2 spiro atoms. The number of phenolic OH excluding ortho intramolecular Hbond substituents is 1. The molecular formula is C29H34Br2N2O4. The van der Waals surface area contributed by atoms with Gasteiger partial charge in [0.15, 0.2) is 11.5 Å². The first kappa shape index (κ1) is 23.8. The van der Waals surface area contributed by atoms with Gasteiger partial charge >= 0.3 is 0 Å². The number of carbonyl (C=O) groups is 1. The van der Waals surface area contributed by atoms with Crippen molar-refractivity contribution in [1.29, 1.82) is 0 Å². The Kier molecular flexibility index (Phi) is 4.72. The number of hydrogen-bond donors (Lipinski definition) is 2. The molecule has 6 nitrogen and oxygen atoms in total. The van der Waals surface area contributed by atoms with Crippen LogP contribution in [0.4, 0.5) is 0 Å². The molecule has 8 aliphatic rings. The first-order valence-corrected chi connectivity index (χ1v) is 15.5. The van der Waals surface area contributed by atoms with Gasteiger partial charge in [0.1, 0.15) is 11.7 Å². The van der Waals surface area contributed by atoms with E-state index >= 15 is 0 Å². The van der Waals surface area contributed by atoms with Gasteiger partial charge in [0.05, 0.1) is 8.65 Å². The third-order valence-corrected chi connectivity index (χ3v) is 12.4. The van der Waals surface area contributed by atoms with E-state index in [9.17, 15) is 15.0 Å². The molecule has 6 aliphatic carbocycles. The van der Waals surface area contributed by atoms with Crippen LogP contribution in [0.5, 0.6) is 11.5 Å². The number of fused-ring (bicyclic) bond motifs is 1. The van der Waals surface area contributed by atoms with Crippen molar-refractivity contribution in [2.24, 2.45) is 17.3 Å². The van der Waals surface area contributed by atoms with Gasteiger partial charge in [-0.05, 0) is 81.4 Å². The molecule has 8 heteroatoms. The lowest BCUT2D eigenvalue weighted by molar-refractivity contribution is -0.188. The van der Waals surface area contributed by atoms with E-state index in [1.165, 1.54) is 18.4 Å². The highest BCUT2D eigenvalue weighted by molar-refractivity contribution is 9.25. The Balaban J connectivity index is 1.25. The number of aromatic hydroxyl groups is 1. The summed E-state index contributed by atoms with van der Waals surface area (Å²) in [4.78, 5) is 18.6. The van der Waals surface area contributed by atoms with Crippen molar-refractivity contribution in [3.05, 3.63) is 34.9 Å². The molecule has 2 N–H and O–H groups in total. The average Bonchev–Trinajstić information content (AvgIpc) is 3.57. The van der Waals surface area contributed by atoms with E-state index in [4.69, 9.17) is 4.74 Å². The lowest BCUT2D eigenvalue weighted by Crippen LogP contribution is -2.78. The van der Waals surface area contributed by atoms with Crippen LogP contribution in [0.2, 0.25) is 0 Å². The van der Waals surface area contributed by atoms with Crippen molar-refractivity contribution < 1.29 is 19.7 Å². The molecule has 2 aliphatic heterocycles. The molecule has 9 rings (SSSR count). The minimum Gasteiger partial charge on any atom is -0.504 e. The highest BCUT2D eigenvalue weighted by Crippen LogP contribution is 2.74. The van der Waals surface area contributed by atoms with Crippen molar-refractivity contribution in [1.82, 2.24) is 9.80 Å². The number of phenols is 1. The van der Waals surface area contributed by atoms with Crippen molar-refractivity contribution in [2.75, 3.05) is 26.7 Å². The van der Waals surface area contributed by atoms with E-state index in [1.54, 1.807) is 6.07 Å². The molecule has 1 aromatic rings.